The second-order valence-electron chi connectivity index (χ2n) is 6.36. The van der Waals surface area contributed by atoms with Crippen LogP contribution >= 0.6 is 0 Å². The van der Waals surface area contributed by atoms with Gasteiger partial charge in [-0.2, -0.15) is 0 Å². The van der Waals surface area contributed by atoms with Gasteiger partial charge in [0.1, 0.15) is 0 Å². The lowest BCUT2D eigenvalue weighted by Crippen LogP contribution is -2.47. The molecule has 3 nitrogen and oxygen atoms in total. The molecule has 0 aromatic rings. The van der Waals surface area contributed by atoms with Crippen molar-refractivity contribution in [3.05, 3.63) is 0 Å². The smallest absolute Gasteiger partial charge is 0.0610 e. The lowest BCUT2D eigenvalue weighted by molar-refractivity contribution is 0.152. The predicted octanol–water partition coefficient (Wildman–Crippen LogP) is 2.39. The molecule has 1 aliphatic carbocycles. The van der Waals surface area contributed by atoms with E-state index in [0.717, 1.165) is 19.4 Å². The van der Waals surface area contributed by atoms with E-state index in [1.807, 2.05) is 0 Å². The summed E-state index contributed by atoms with van der Waals surface area (Å²) in [6, 6.07) is 1.34. The fourth-order valence-electron chi connectivity index (χ4n) is 2.49. The van der Waals surface area contributed by atoms with Crippen LogP contribution in [0.5, 0.6) is 0 Å². The predicted molar refractivity (Wildman–Crippen MR) is 77.9 cm³/mol. The highest BCUT2D eigenvalue weighted by Crippen LogP contribution is 2.24. The van der Waals surface area contributed by atoms with E-state index in [-0.39, 0.29) is 12.1 Å². The van der Waals surface area contributed by atoms with E-state index in [9.17, 15) is 5.11 Å². The highest BCUT2D eigenvalue weighted by Gasteiger charge is 2.31. The second-order valence-corrected chi connectivity index (χ2v) is 6.36. The van der Waals surface area contributed by atoms with Crippen molar-refractivity contribution < 1.29 is 5.11 Å². The number of rotatable bonds is 10. The highest BCUT2D eigenvalue weighted by molar-refractivity contribution is 4.92. The van der Waals surface area contributed by atoms with Gasteiger partial charge in [-0.3, -0.25) is 0 Å². The minimum atomic E-state index is -0.0734. The Morgan fingerprint density at radius 2 is 2.11 bits per heavy atom. The Labute approximate surface area is 113 Å². The van der Waals surface area contributed by atoms with Crippen LogP contribution in [0.1, 0.15) is 59.3 Å². The van der Waals surface area contributed by atoms with E-state index in [0.29, 0.717) is 12.1 Å². The molecule has 0 saturated heterocycles. The van der Waals surface area contributed by atoms with Gasteiger partial charge in [0.05, 0.1) is 6.61 Å². The Balaban J connectivity index is 2.21. The number of nitrogens with zero attached hydrogens (tertiary/aromatic N) is 1. The van der Waals surface area contributed by atoms with Gasteiger partial charge >= 0.3 is 0 Å². The Kier molecular flexibility index (Phi) is 6.61. The zero-order chi connectivity index (χ0) is 13.6. The number of hydrogen-bond acceptors (Lipinski definition) is 3. The van der Waals surface area contributed by atoms with Crippen molar-refractivity contribution >= 4 is 0 Å². The molecular formula is C15H32N2O. The molecule has 2 unspecified atom stereocenters. The minimum Gasteiger partial charge on any atom is -0.394 e. The topological polar surface area (TPSA) is 35.5 Å². The normalized spacial score (nSPS) is 21.0. The van der Waals surface area contributed by atoms with Crippen LogP contribution in [0.3, 0.4) is 0 Å². The monoisotopic (exact) mass is 256 g/mol. The summed E-state index contributed by atoms with van der Waals surface area (Å²) in [4.78, 5) is 2.44. The molecule has 2 atom stereocenters. The molecule has 1 fully saturated rings. The molecular weight excluding hydrogens is 224 g/mol. The average Bonchev–Trinajstić information content (AvgIpc) is 3.13. The quantitative estimate of drug-likeness (QED) is 0.630. The van der Waals surface area contributed by atoms with E-state index < -0.39 is 0 Å². The fourth-order valence-corrected chi connectivity index (χ4v) is 2.49. The molecule has 0 bridgehead atoms. The largest absolute Gasteiger partial charge is 0.394 e. The van der Waals surface area contributed by atoms with Crippen molar-refractivity contribution in [3.8, 4) is 0 Å². The third-order valence-electron chi connectivity index (χ3n) is 4.18. The summed E-state index contributed by atoms with van der Waals surface area (Å²) in [7, 11) is 2.21. The molecule has 3 heteroatoms. The van der Waals surface area contributed by atoms with Crippen LogP contribution in [0.25, 0.3) is 0 Å². The molecule has 0 aromatic carbocycles. The molecule has 1 saturated carbocycles. The van der Waals surface area contributed by atoms with Crippen LogP contribution in [-0.4, -0.2) is 47.8 Å². The molecule has 0 amide bonds. The van der Waals surface area contributed by atoms with Crippen molar-refractivity contribution in [2.24, 2.45) is 0 Å². The molecule has 1 aliphatic rings. The minimum absolute atomic E-state index is 0.0734. The third kappa shape index (κ3) is 5.68. The van der Waals surface area contributed by atoms with Crippen LogP contribution in [0.2, 0.25) is 0 Å². The summed E-state index contributed by atoms with van der Waals surface area (Å²) in [6.07, 6.45) is 7.30. The van der Waals surface area contributed by atoms with Crippen LogP contribution < -0.4 is 5.32 Å². The first-order valence-corrected chi connectivity index (χ1v) is 7.59. The maximum absolute atomic E-state index is 9.54. The van der Waals surface area contributed by atoms with Crippen molar-refractivity contribution in [1.82, 2.24) is 10.2 Å². The van der Waals surface area contributed by atoms with Crippen molar-refractivity contribution in [2.45, 2.75) is 76.9 Å². The second kappa shape index (κ2) is 7.46. The standard InChI is InChI=1S/C15H32N2O/c1-5-7-13(2)17(4)11-6-10-15(3,12-18)16-14-8-9-14/h13-14,16,18H,5-12H2,1-4H3. The van der Waals surface area contributed by atoms with Crippen molar-refractivity contribution in [3.63, 3.8) is 0 Å². The molecule has 0 aromatic heterocycles. The average molecular weight is 256 g/mol. The van der Waals surface area contributed by atoms with E-state index in [1.165, 1.54) is 25.7 Å². The SMILES string of the molecule is CCCC(C)N(C)CCCC(C)(CO)NC1CC1. The van der Waals surface area contributed by atoms with Gasteiger partial charge in [-0.15, -0.1) is 0 Å². The van der Waals surface area contributed by atoms with Gasteiger partial charge in [0.15, 0.2) is 0 Å². The van der Waals surface area contributed by atoms with Gasteiger partial charge < -0.3 is 15.3 Å². The van der Waals surface area contributed by atoms with E-state index in [4.69, 9.17) is 0 Å². The van der Waals surface area contributed by atoms with Gasteiger partial charge in [0.2, 0.25) is 0 Å². The third-order valence-corrected chi connectivity index (χ3v) is 4.18. The maximum Gasteiger partial charge on any atom is 0.0610 e. The fraction of sp³-hybridized carbons (Fsp3) is 1.00. The molecule has 1 rings (SSSR count). The summed E-state index contributed by atoms with van der Waals surface area (Å²) in [5.74, 6) is 0. The van der Waals surface area contributed by atoms with Crippen molar-refractivity contribution in [1.29, 1.82) is 0 Å². The Bertz CT molecular complexity index is 231. The molecule has 0 radical (unpaired) electrons. The van der Waals surface area contributed by atoms with Gasteiger partial charge in [-0.1, -0.05) is 13.3 Å². The maximum atomic E-state index is 9.54. The van der Waals surface area contributed by atoms with E-state index >= 15 is 0 Å². The van der Waals surface area contributed by atoms with Gasteiger partial charge in [0, 0.05) is 17.6 Å². The molecule has 0 aliphatic heterocycles. The molecule has 0 heterocycles. The van der Waals surface area contributed by atoms with Crippen molar-refractivity contribution in [2.75, 3.05) is 20.2 Å². The number of aliphatic hydroxyl groups excluding tert-OH is 1. The van der Waals surface area contributed by atoms with Gasteiger partial charge in [-0.25, -0.2) is 0 Å². The number of nitrogens with one attached hydrogen (secondary N) is 1. The first kappa shape index (κ1) is 15.9. The van der Waals surface area contributed by atoms with Crippen LogP contribution in [-0.2, 0) is 0 Å². The number of hydrogen-bond donors (Lipinski definition) is 2. The van der Waals surface area contributed by atoms with E-state index in [2.05, 4.69) is 38.0 Å². The zero-order valence-corrected chi connectivity index (χ0v) is 12.7. The zero-order valence-electron chi connectivity index (χ0n) is 12.7. The molecule has 18 heavy (non-hydrogen) atoms. The first-order chi connectivity index (χ1) is 8.50. The molecule has 0 spiro atoms. The summed E-state index contributed by atoms with van der Waals surface area (Å²) in [5, 5.41) is 13.1. The lowest BCUT2D eigenvalue weighted by Gasteiger charge is -2.31. The van der Waals surface area contributed by atoms with Crippen LogP contribution in [0, 0.1) is 0 Å². The number of aliphatic hydroxyl groups is 1. The summed E-state index contributed by atoms with van der Waals surface area (Å²) >= 11 is 0. The lowest BCUT2D eigenvalue weighted by atomic mass is 9.96. The summed E-state index contributed by atoms with van der Waals surface area (Å²) in [5.41, 5.74) is -0.0734. The van der Waals surface area contributed by atoms with Gasteiger partial charge in [-0.05, 0) is 59.5 Å². The van der Waals surface area contributed by atoms with Gasteiger partial charge in [0.25, 0.3) is 0 Å². The van der Waals surface area contributed by atoms with Crippen LogP contribution in [0.15, 0.2) is 0 Å². The molecule has 108 valence electrons. The Hall–Kier alpha value is -0.120. The van der Waals surface area contributed by atoms with Crippen LogP contribution in [0.4, 0.5) is 0 Å². The Morgan fingerprint density at radius 3 is 2.61 bits per heavy atom. The Morgan fingerprint density at radius 1 is 1.44 bits per heavy atom. The first-order valence-electron chi connectivity index (χ1n) is 7.59. The summed E-state index contributed by atoms with van der Waals surface area (Å²) < 4.78 is 0. The molecule has 2 N–H and O–H groups in total. The summed E-state index contributed by atoms with van der Waals surface area (Å²) in [6.45, 7) is 8.07. The highest BCUT2D eigenvalue weighted by atomic mass is 16.3. The van der Waals surface area contributed by atoms with E-state index in [1.54, 1.807) is 0 Å².